The van der Waals surface area contributed by atoms with Crippen LogP contribution < -0.4 is 4.90 Å². The van der Waals surface area contributed by atoms with Gasteiger partial charge in [0.25, 0.3) is 0 Å². The molecule has 4 nitrogen and oxygen atoms in total. The van der Waals surface area contributed by atoms with E-state index >= 15 is 0 Å². The molecule has 0 spiro atoms. The number of oxazole rings is 1. The van der Waals surface area contributed by atoms with Crippen LogP contribution in [0.5, 0.6) is 0 Å². The molecule has 58 heavy (non-hydrogen) atoms. The molecule has 0 atom stereocenters. The molecule has 0 bridgehead atoms. The molecular formula is C53H32N2O2S. The molecule has 12 rings (SSSR count). The lowest BCUT2D eigenvalue weighted by molar-refractivity contribution is 0.619. The number of furan rings is 1. The zero-order valence-electron chi connectivity index (χ0n) is 31.1. The summed E-state index contributed by atoms with van der Waals surface area (Å²) in [5.41, 5.74) is 11.9. The number of para-hydroxylation sites is 1. The number of fused-ring (bicyclic) bond motifs is 9. The largest absolute Gasteiger partial charge is 0.455 e. The fourth-order valence-corrected chi connectivity index (χ4v) is 9.76. The van der Waals surface area contributed by atoms with Crippen LogP contribution in [0.3, 0.4) is 0 Å². The fraction of sp³-hybridized carbons (Fsp3) is 0. The van der Waals surface area contributed by atoms with Gasteiger partial charge >= 0.3 is 0 Å². The molecule has 0 aliphatic heterocycles. The molecule has 0 saturated carbocycles. The molecule has 12 aromatic rings. The first-order chi connectivity index (χ1) is 28.7. The van der Waals surface area contributed by atoms with Gasteiger partial charge in [0.05, 0.1) is 11.1 Å². The van der Waals surface area contributed by atoms with Crippen molar-refractivity contribution in [2.24, 2.45) is 0 Å². The highest BCUT2D eigenvalue weighted by Gasteiger charge is 2.21. The third-order valence-corrected chi connectivity index (χ3v) is 12.5. The van der Waals surface area contributed by atoms with E-state index in [1.807, 2.05) is 53.8 Å². The van der Waals surface area contributed by atoms with Crippen molar-refractivity contribution >= 4 is 92.4 Å². The molecule has 5 heteroatoms. The fourth-order valence-electron chi connectivity index (χ4n) is 8.63. The summed E-state index contributed by atoms with van der Waals surface area (Å²) in [6.07, 6.45) is 0. The summed E-state index contributed by atoms with van der Waals surface area (Å²) in [7, 11) is 0. The zero-order chi connectivity index (χ0) is 38.2. The van der Waals surface area contributed by atoms with Gasteiger partial charge in [0, 0.05) is 48.1 Å². The minimum absolute atomic E-state index is 0.600. The smallest absolute Gasteiger partial charge is 0.227 e. The summed E-state index contributed by atoms with van der Waals surface area (Å²) in [5, 5.41) is 6.99. The highest BCUT2D eigenvalue weighted by atomic mass is 32.1. The van der Waals surface area contributed by atoms with Crippen molar-refractivity contribution in [1.29, 1.82) is 0 Å². The van der Waals surface area contributed by atoms with Crippen LogP contribution in [-0.4, -0.2) is 4.98 Å². The maximum Gasteiger partial charge on any atom is 0.227 e. The SMILES string of the molecule is c1ccc(-c2nc3c(ccc4oc5c(-c6ccc(N(c7ccc(-c8cccc9ccccc89)cc7)c7cccc8sc9ccccc9c78)cc6)cccc5c43)o2)cc1. The van der Waals surface area contributed by atoms with E-state index < -0.39 is 0 Å². The molecule has 3 aromatic heterocycles. The molecule has 0 unspecified atom stereocenters. The zero-order valence-corrected chi connectivity index (χ0v) is 31.9. The summed E-state index contributed by atoms with van der Waals surface area (Å²) in [6, 6.07) is 68.7. The van der Waals surface area contributed by atoms with Crippen molar-refractivity contribution in [3.8, 4) is 33.7 Å². The highest BCUT2D eigenvalue weighted by Crippen LogP contribution is 2.46. The number of hydrogen-bond acceptors (Lipinski definition) is 5. The number of benzene rings is 9. The summed E-state index contributed by atoms with van der Waals surface area (Å²) < 4.78 is 15.4. The van der Waals surface area contributed by atoms with Gasteiger partial charge < -0.3 is 13.7 Å². The summed E-state index contributed by atoms with van der Waals surface area (Å²) in [5.74, 6) is 0.600. The molecule has 0 aliphatic carbocycles. The van der Waals surface area contributed by atoms with E-state index in [9.17, 15) is 0 Å². The minimum Gasteiger partial charge on any atom is -0.455 e. The normalized spacial score (nSPS) is 11.8. The Morgan fingerprint density at radius 1 is 0.414 bits per heavy atom. The Labute approximate surface area is 337 Å². The number of aromatic nitrogens is 1. The second kappa shape index (κ2) is 13.1. The standard InChI is InChI=1S/C53H32N2O2S/c1-2-12-36(13-3-1)53-54-51-46(57-53)32-31-45-50(51)43-19-9-18-41(52(43)56-45)35-25-29-38(30-26-35)55(44-20-10-22-48-49(44)42-16-6-7-21-47(42)58-48)37-27-23-34(24-28-37)40-17-8-14-33-11-4-5-15-39(33)40/h1-32H. The van der Waals surface area contributed by atoms with Crippen LogP contribution >= 0.6 is 11.3 Å². The van der Waals surface area contributed by atoms with Crippen LogP contribution in [-0.2, 0) is 0 Å². The van der Waals surface area contributed by atoms with Gasteiger partial charge in [-0.2, -0.15) is 0 Å². The first-order valence-corrected chi connectivity index (χ1v) is 20.3. The Morgan fingerprint density at radius 3 is 1.86 bits per heavy atom. The molecule has 0 amide bonds. The van der Waals surface area contributed by atoms with Crippen LogP contribution in [0.1, 0.15) is 0 Å². The van der Waals surface area contributed by atoms with Gasteiger partial charge in [-0.3, -0.25) is 0 Å². The van der Waals surface area contributed by atoms with Crippen LogP contribution in [0.25, 0.3) is 97.7 Å². The lowest BCUT2D eigenvalue weighted by Crippen LogP contribution is -2.10. The predicted octanol–water partition coefficient (Wildman–Crippen LogP) is 15.7. The summed E-state index contributed by atoms with van der Waals surface area (Å²) in [6.45, 7) is 0. The van der Waals surface area contributed by atoms with Crippen LogP contribution in [0.2, 0.25) is 0 Å². The average molecular weight is 761 g/mol. The lowest BCUT2D eigenvalue weighted by Gasteiger charge is -2.27. The Kier molecular flexibility index (Phi) is 7.37. The van der Waals surface area contributed by atoms with E-state index in [-0.39, 0.29) is 0 Å². The number of rotatable bonds is 6. The van der Waals surface area contributed by atoms with Crippen molar-refractivity contribution in [2.45, 2.75) is 0 Å². The van der Waals surface area contributed by atoms with Gasteiger partial charge in [0.1, 0.15) is 16.7 Å². The molecule has 0 saturated heterocycles. The van der Waals surface area contributed by atoms with E-state index in [4.69, 9.17) is 13.8 Å². The van der Waals surface area contributed by atoms with Gasteiger partial charge in [-0.15, -0.1) is 11.3 Å². The maximum atomic E-state index is 6.64. The lowest BCUT2D eigenvalue weighted by atomic mass is 9.98. The highest BCUT2D eigenvalue weighted by molar-refractivity contribution is 7.26. The Bertz CT molecular complexity index is 3500. The quantitative estimate of drug-likeness (QED) is 0.169. The Morgan fingerprint density at radius 2 is 1.03 bits per heavy atom. The van der Waals surface area contributed by atoms with Crippen LogP contribution in [0, 0.1) is 0 Å². The van der Waals surface area contributed by atoms with Crippen LogP contribution in [0.15, 0.2) is 203 Å². The predicted molar refractivity (Wildman–Crippen MR) is 243 cm³/mol. The number of nitrogens with zero attached hydrogens (tertiary/aromatic N) is 2. The molecule has 0 N–H and O–H groups in total. The van der Waals surface area contributed by atoms with Gasteiger partial charge in [-0.25, -0.2) is 4.98 Å². The third kappa shape index (κ3) is 5.18. The van der Waals surface area contributed by atoms with Crippen LogP contribution in [0.4, 0.5) is 17.1 Å². The van der Waals surface area contributed by atoms with E-state index in [0.717, 1.165) is 66.8 Å². The van der Waals surface area contributed by atoms with Crippen molar-refractivity contribution in [2.75, 3.05) is 4.90 Å². The molecule has 272 valence electrons. The summed E-state index contributed by atoms with van der Waals surface area (Å²) >= 11 is 1.84. The second-order valence-corrected chi connectivity index (χ2v) is 15.7. The minimum atomic E-state index is 0.600. The first-order valence-electron chi connectivity index (χ1n) is 19.4. The Balaban J connectivity index is 0.988. The molecule has 0 aliphatic rings. The van der Waals surface area contributed by atoms with E-state index in [2.05, 4.69) is 157 Å². The van der Waals surface area contributed by atoms with Gasteiger partial charge in [0.15, 0.2) is 5.58 Å². The van der Waals surface area contributed by atoms with Crippen molar-refractivity contribution in [3.05, 3.63) is 194 Å². The van der Waals surface area contributed by atoms with E-state index in [1.54, 1.807) is 0 Å². The molecular weight excluding hydrogens is 729 g/mol. The maximum absolute atomic E-state index is 6.64. The number of anilines is 3. The molecule has 0 fully saturated rings. The number of hydrogen-bond donors (Lipinski definition) is 0. The molecule has 0 radical (unpaired) electrons. The molecule has 3 heterocycles. The van der Waals surface area contributed by atoms with E-state index in [0.29, 0.717) is 5.89 Å². The second-order valence-electron chi connectivity index (χ2n) is 14.7. The summed E-state index contributed by atoms with van der Waals surface area (Å²) in [4.78, 5) is 7.36. The van der Waals surface area contributed by atoms with Crippen molar-refractivity contribution in [1.82, 2.24) is 4.98 Å². The molecule has 9 aromatic carbocycles. The van der Waals surface area contributed by atoms with Gasteiger partial charge in [-0.05, 0) is 94.2 Å². The number of thiophene rings is 1. The Hall–Kier alpha value is -7.47. The van der Waals surface area contributed by atoms with Gasteiger partial charge in [-0.1, -0.05) is 127 Å². The average Bonchev–Trinajstić information content (AvgIpc) is 4.01. The monoisotopic (exact) mass is 760 g/mol. The van der Waals surface area contributed by atoms with Gasteiger partial charge in [0.2, 0.25) is 5.89 Å². The topological polar surface area (TPSA) is 42.4 Å². The van der Waals surface area contributed by atoms with Crippen molar-refractivity contribution in [3.63, 3.8) is 0 Å². The van der Waals surface area contributed by atoms with Crippen molar-refractivity contribution < 1.29 is 8.83 Å². The first kappa shape index (κ1) is 32.7. The van der Waals surface area contributed by atoms with E-state index in [1.165, 1.54) is 42.1 Å². The third-order valence-electron chi connectivity index (χ3n) is 11.3.